The molecule has 0 aromatic carbocycles. The largest absolute Gasteiger partial charge is 0.297 e. The molecule has 0 fully saturated rings. The maximum atomic E-state index is 3.68. The van der Waals surface area contributed by atoms with Crippen LogP contribution in [0.1, 0.15) is 781 Å². The van der Waals surface area contributed by atoms with Crippen molar-refractivity contribution < 1.29 is 0 Å². The van der Waals surface area contributed by atoms with E-state index in [1.54, 1.807) is 32.1 Å². The van der Waals surface area contributed by atoms with Crippen LogP contribution in [0.5, 0.6) is 0 Å². The second kappa shape index (κ2) is 108. The summed E-state index contributed by atoms with van der Waals surface area (Å²) in [5, 5.41) is 0. The number of hydrogen-bond acceptors (Lipinski definition) is 1. The van der Waals surface area contributed by atoms with Crippen molar-refractivity contribution in [3.63, 3.8) is 0 Å². The van der Waals surface area contributed by atoms with Gasteiger partial charge in [0, 0.05) is 5.54 Å². The lowest BCUT2D eigenvalue weighted by molar-refractivity contribution is -0.157. The normalized spacial score (nSPS) is 12.3. The molecule has 0 saturated carbocycles. The molecular weight excluding hydrogens is 1530 g/mol. The van der Waals surface area contributed by atoms with E-state index in [0.29, 0.717) is 10.8 Å². The lowest BCUT2D eigenvalue weighted by atomic mass is 9.44. The van der Waals surface area contributed by atoms with Crippen molar-refractivity contribution in [2.24, 2.45) is 10.8 Å². The van der Waals surface area contributed by atoms with Gasteiger partial charge in [-0.25, -0.2) is 0 Å². The maximum absolute atomic E-state index is 3.68. The van der Waals surface area contributed by atoms with Crippen molar-refractivity contribution >= 4 is 0 Å². The predicted octanol–water partition coefficient (Wildman–Crippen LogP) is 47.9. The molecule has 1 heteroatoms. The summed E-state index contributed by atoms with van der Waals surface area (Å²) in [5.74, 6) is 0. The van der Waals surface area contributed by atoms with E-state index >= 15 is 0 Å². The third-order valence-electron chi connectivity index (χ3n) is 32.7. The zero-order valence-corrected chi connectivity index (χ0v) is 91.6. The Balaban J connectivity index is 9.30. The molecule has 0 heterocycles. The minimum absolute atomic E-state index is 0.254. The zero-order valence-electron chi connectivity index (χ0n) is 91.6. The topological polar surface area (TPSA) is 3.24 Å². The quantitative estimate of drug-likeness (QED) is 0.0549. The van der Waals surface area contributed by atoms with E-state index < -0.39 is 0 Å². The van der Waals surface area contributed by atoms with E-state index in [2.05, 4.69) is 67.2 Å². The Morgan fingerprint density at radius 2 is 0.205 bits per heavy atom. The van der Waals surface area contributed by atoms with Gasteiger partial charge in [-0.15, -0.1) is 0 Å². The van der Waals surface area contributed by atoms with Crippen molar-refractivity contribution in [2.75, 3.05) is 13.1 Å². The van der Waals surface area contributed by atoms with E-state index in [4.69, 9.17) is 0 Å². The highest BCUT2D eigenvalue weighted by atomic mass is 15.2. The third kappa shape index (κ3) is 81.7. The van der Waals surface area contributed by atoms with Gasteiger partial charge in [0.25, 0.3) is 0 Å². The minimum Gasteiger partial charge on any atom is -0.297 e. The van der Waals surface area contributed by atoms with E-state index in [1.807, 2.05) is 0 Å². The number of unbranched alkanes of at least 4 members (excludes halogenated alkanes) is 96. The molecule has 0 N–H and O–H groups in total. The van der Waals surface area contributed by atoms with Crippen LogP contribution in [0.3, 0.4) is 0 Å². The highest BCUT2D eigenvalue weighted by Gasteiger charge is 2.61. The van der Waals surface area contributed by atoms with Crippen LogP contribution in [0.4, 0.5) is 0 Å². The summed E-state index contributed by atoms with van der Waals surface area (Å²) < 4.78 is 0. The van der Waals surface area contributed by atoms with Crippen molar-refractivity contribution in [2.45, 2.75) is 787 Å². The molecule has 0 aliphatic carbocycles. The fraction of sp³-hybridized carbons (Fsp3) is 1.00. The molecule has 0 unspecified atom stereocenters. The second-order valence-electron chi connectivity index (χ2n) is 44.6. The molecule has 127 heavy (non-hydrogen) atoms. The van der Waals surface area contributed by atoms with Crippen LogP contribution in [-0.2, 0) is 0 Å². The first-order valence-electron chi connectivity index (χ1n) is 62.7. The Labute approximate surface area is 810 Å². The molecule has 0 bridgehead atoms. The molecule has 1 nitrogen and oxygen atoms in total. The molecule has 0 aliphatic heterocycles. The maximum Gasteiger partial charge on any atom is 0.0271 e. The van der Waals surface area contributed by atoms with Crippen LogP contribution in [0.25, 0.3) is 0 Å². The molecule has 0 saturated heterocycles. The van der Waals surface area contributed by atoms with Crippen molar-refractivity contribution in [1.82, 2.24) is 4.90 Å². The fourth-order valence-electron chi connectivity index (χ4n) is 24.2. The fourth-order valence-corrected chi connectivity index (χ4v) is 24.2. The lowest BCUT2D eigenvalue weighted by Gasteiger charge is -2.66. The monoisotopic (exact) mass is 1780 g/mol. The Kier molecular flexibility index (Phi) is 108. The highest BCUT2D eigenvalue weighted by molar-refractivity contribution is 5.14. The molecule has 0 aromatic rings. The summed E-state index contributed by atoms with van der Waals surface area (Å²) in [6.45, 7) is 24.5. The van der Waals surface area contributed by atoms with E-state index in [1.165, 1.54) is 700 Å². The molecule has 0 aromatic heterocycles. The number of hydrogen-bond donors (Lipinski definition) is 0. The predicted molar refractivity (Wildman–Crippen MR) is 587 cm³/mol. The van der Waals surface area contributed by atoms with Crippen LogP contribution in [-0.4, -0.2) is 23.5 Å². The number of rotatable bonds is 117. The Hall–Kier alpha value is -0.0400. The summed E-state index contributed by atoms with van der Waals surface area (Å²) in [4.78, 5) is 3.68. The van der Waals surface area contributed by atoms with Crippen LogP contribution in [0, 0.1) is 10.8 Å². The zero-order chi connectivity index (χ0) is 91.7. The van der Waals surface area contributed by atoms with Crippen molar-refractivity contribution in [3.05, 3.63) is 0 Å². The van der Waals surface area contributed by atoms with Gasteiger partial charge in [0.2, 0.25) is 0 Å². The summed E-state index contributed by atoms with van der Waals surface area (Å²) in [5.41, 5.74) is 0.977. The van der Waals surface area contributed by atoms with Gasteiger partial charge in [0.15, 0.2) is 0 Å². The molecule has 0 atom stereocenters. The van der Waals surface area contributed by atoms with Gasteiger partial charge in [-0.05, 0) is 81.7 Å². The standard InChI is InChI=1S/C126H255N/c1-10-19-28-37-46-55-64-67-69-71-74-77-86-95-104-113-122-127(123-114-105-96-87-78-75-72-70-68-65-56-47-38-29-20-11-2)126(120-111-102-93-84-62-53-44-35-26-17-8,121-112-103-94-85-63-54-45-36-27-18-9)125(118-109-100-91-82-60-51-42-33-24-15-6,119-110-101-92-83-61-52-43-34-25-16-7)124(115-106-97-88-79-58-49-40-31-22-13-4,116-107-98-89-80-59-50-41-32-23-14-5)117-108-99-90-81-76-73-66-57-48-39-30-21-12-3/h10-123H2,1-9H3. The summed E-state index contributed by atoms with van der Waals surface area (Å²) >= 11 is 0. The van der Waals surface area contributed by atoms with Gasteiger partial charge in [0.05, 0.1) is 0 Å². The van der Waals surface area contributed by atoms with Crippen molar-refractivity contribution in [3.8, 4) is 0 Å². The third-order valence-corrected chi connectivity index (χ3v) is 32.7. The average molecular weight is 1780 g/mol. The van der Waals surface area contributed by atoms with Gasteiger partial charge in [-0.2, -0.15) is 0 Å². The minimum atomic E-state index is 0.254. The SMILES string of the molecule is CCCCCCCCCCCCCCCCCCN(CCCCCCCCCCCCCCCCCC)C(CCCCCCCCCCCC)(CCCCCCCCCCCC)C(CCCCCCCCCCCC)(CCCCCCCCCCCC)C(CCCCCCCCCCCC)(CCCCCCCCCCCC)CCCCCCCCCCCCCCC. The lowest BCUT2D eigenvalue weighted by Crippen LogP contribution is -2.66. The molecule has 0 spiro atoms. The van der Waals surface area contributed by atoms with Gasteiger partial charge in [-0.1, -0.05) is 724 Å². The van der Waals surface area contributed by atoms with Gasteiger partial charge < -0.3 is 0 Å². The van der Waals surface area contributed by atoms with E-state index in [9.17, 15) is 0 Å². The van der Waals surface area contributed by atoms with Gasteiger partial charge in [0.1, 0.15) is 0 Å². The van der Waals surface area contributed by atoms with Crippen LogP contribution in [0.2, 0.25) is 0 Å². The van der Waals surface area contributed by atoms with Gasteiger partial charge in [-0.3, -0.25) is 4.90 Å². The average Bonchev–Trinajstić information content (AvgIpc) is 0.710. The molecule has 0 radical (unpaired) electrons. The van der Waals surface area contributed by atoms with Crippen LogP contribution >= 0.6 is 0 Å². The second-order valence-corrected chi connectivity index (χ2v) is 44.6. The summed E-state index contributed by atoms with van der Waals surface area (Å²) in [7, 11) is 0. The van der Waals surface area contributed by atoms with Crippen LogP contribution in [0.15, 0.2) is 0 Å². The molecule has 0 rings (SSSR count). The summed E-state index contributed by atoms with van der Waals surface area (Å²) in [6, 6.07) is 0. The first kappa shape index (κ1) is 127. The smallest absolute Gasteiger partial charge is 0.0271 e. The van der Waals surface area contributed by atoms with Gasteiger partial charge >= 0.3 is 0 Å². The molecular formula is C126H255N. The Morgan fingerprint density at radius 3 is 0.339 bits per heavy atom. The van der Waals surface area contributed by atoms with Crippen molar-refractivity contribution in [1.29, 1.82) is 0 Å². The van der Waals surface area contributed by atoms with E-state index in [-0.39, 0.29) is 5.54 Å². The Bertz CT molecular complexity index is 1810. The first-order valence-corrected chi connectivity index (χ1v) is 62.7. The summed E-state index contributed by atoms with van der Waals surface area (Å²) in [6.07, 6.45) is 166. The highest BCUT2D eigenvalue weighted by Crippen LogP contribution is 2.66. The first-order chi connectivity index (χ1) is 62.9. The Morgan fingerprint density at radius 1 is 0.102 bits per heavy atom. The number of nitrogens with zero attached hydrogens (tertiary/aromatic N) is 1. The van der Waals surface area contributed by atoms with Crippen LogP contribution < -0.4 is 0 Å². The molecule has 0 aliphatic rings. The molecule has 0 amide bonds. The van der Waals surface area contributed by atoms with E-state index in [0.717, 1.165) is 0 Å². The molecule has 764 valence electrons.